The fraction of sp³-hybridized carbons (Fsp3) is 0.176. The largest absolute Gasteiger partial charge is 0.387 e. The summed E-state index contributed by atoms with van der Waals surface area (Å²) in [6, 6.07) is 9.64. The molecule has 0 radical (unpaired) electrons. The lowest BCUT2D eigenvalue weighted by Gasteiger charge is -2.11. The zero-order chi connectivity index (χ0) is 16.9. The van der Waals surface area contributed by atoms with Gasteiger partial charge >= 0.3 is 11.8 Å². The number of hydrogen-bond acceptors (Lipinski definition) is 5. The lowest BCUT2D eigenvalue weighted by atomic mass is 10.1. The summed E-state index contributed by atoms with van der Waals surface area (Å²) in [6.07, 6.45) is -0.852. The fourth-order valence-corrected chi connectivity index (χ4v) is 3.97. The number of fused-ring (bicyclic) bond motifs is 1. The second-order valence-electron chi connectivity index (χ2n) is 5.23. The zero-order valence-corrected chi connectivity index (χ0v) is 14.3. The monoisotopic (exact) mass is 360 g/mol. The van der Waals surface area contributed by atoms with Gasteiger partial charge in [0.1, 0.15) is 0 Å². The first-order valence-electron chi connectivity index (χ1n) is 7.36. The third kappa shape index (κ3) is 3.81. The molecular formula is C17H16N2O3S2. The number of carbonyl (C=O) groups excluding carboxylic acids is 2. The first-order chi connectivity index (χ1) is 11.6. The van der Waals surface area contributed by atoms with Crippen molar-refractivity contribution >= 4 is 44.6 Å². The van der Waals surface area contributed by atoms with Gasteiger partial charge in [0.15, 0.2) is 0 Å². The van der Waals surface area contributed by atoms with E-state index in [1.165, 1.54) is 22.7 Å². The van der Waals surface area contributed by atoms with Crippen molar-refractivity contribution in [3.8, 4) is 0 Å². The van der Waals surface area contributed by atoms with Crippen molar-refractivity contribution in [1.82, 2.24) is 10.6 Å². The van der Waals surface area contributed by atoms with E-state index in [1.54, 1.807) is 0 Å². The molecule has 0 fully saturated rings. The van der Waals surface area contributed by atoms with Crippen LogP contribution in [0.4, 0.5) is 0 Å². The Morgan fingerprint density at radius 2 is 1.88 bits per heavy atom. The Morgan fingerprint density at radius 3 is 2.67 bits per heavy atom. The van der Waals surface area contributed by atoms with Crippen LogP contribution >= 0.6 is 22.7 Å². The highest BCUT2D eigenvalue weighted by Gasteiger charge is 2.17. The number of rotatable bonds is 5. The van der Waals surface area contributed by atoms with Crippen LogP contribution in [-0.4, -0.2) is 23.5 Å². The summed E-state index contributed by atoms with van der Waals surface area (Å²) in [7, 11) is 0. The normalized spacial score (nSPS) is 12.0. The van der Waals surface area contributed by atoms with Crippen molar-refractivity contribution in [2.24, 2.45) is 0 Å². The molecular weight excluding hydrogens is 344 g/mol. The Morgan fingerprint density at radius 1 is 1.08 bits per heavy atom. The minimum Gasteiger partial charge on any atom is -0.387 e. The van der Waals surface area contributed by atoms with Crippen LogP contribution in [-0.2, 0) is 16.1 Å². The summed E-state index contributed by atoms with van der Waals surface area (Å²) < 4.78 is 1.08. The van der Waals surface area contributed by atoms with E-state index in [9.17, 15) is 14.7 Å². The van der Waals surface area contributed by atoms with Gasteiger partial charge in [-0.1, -0.05) is 18.2 Å². The van der Waals surface area contributed by atoms with Gasteiger partial charge in [-0.25, -0.2) is 0 Å². The molecule has 1 unspecified atom stereocenters. The average Bonchev–Trinajstić information content (AvgIpc) is 3.26. The summed E-state index contributed by atoms with van der Waals surface area (Å²) >= 11 is 3.07. The molecule has 124 valence electrons. The van der Waals surface area contributed by atoms with Crippen LogP contribution in [0.1, 0.15) is 17.2 Å². The van der Waals surface area contributed by atoms with Crippen molar-refractivity contribution in [2.45, 2.75) is 12.6 Å². The van der Waals surface area contributed by atoms with Crippen LogP contribution in [0.2, 0.25) is 0 Å². The number of hydrogen-bond donors (Lipinski definition) is 3. The van der Waals surface area contributed by atoms with Crippen LogP contribution in [0, 0.1) is 0 Å². The first kappa shape index (κ1) is 16.6. The summed E-state index contributed by atoms with van der Waals surface area (Å²) in [5, 5.41) is 21.9. The summed E-state index contributed by atoms with van der Waals surface area (Å²) in [5.41, 5.74) is 1.71. The predicted molar refractivity (Wildman–Crippen MR) is 96.0 cm³/mol. The second kappa shape index (κ2) is 7.57. The molecule has 1 aromatic carbocycles. The molecule has 24 heavy (non-hydrogen) atoms. The number of aliphatic hydroxyl groups is 1. The molecule has 3 rings (SSSR count). The van der Waals surface area contributed by atoms with Gasteiger partial charge in [0, 0.05) is 23.4 Å². The molecule has 5 nitrogen and oxygen atoms in total. The molecule has 0 saturated heterocycles. The van der Waals surface area contributed by atoms with E-state index in [-0.39, 0.29) is 6.54 Å². The average molecular weight is 360 g/mol. The maximum absolute atomic E-state index is 11.8. The Bertz CT molecular complexity index is 843. The van der Waals surface area contributed by atoms with E-state index in [2.05, 4.69) is 10.6 Å². The number of nitrogens with one attached hydrogen (secondary N) is 2. The SMILES string of the molecule is O=C(NCc1ccsc1)C(=O)NCC(O)c1csc2ccccc12. The number of carbonyl (C=O) groups is 2. The van der Waals surface area contributed by atoms with Gasteiger partial charge in [0.25, 0.3) is 0 Å². The second-order valence-corrected chi connectivity index (χ2v) is 6.92. The lowest BCUT2D eigenvalue weighted by molar-refractivity contribution is -0.139. The molecule has 3 aromatic rings. The van der Waals surface area contributed by atoms with Gasteiger partial charge in [0.05, 0.1) is 6.10 Å². The molecule has 0 spiro atoms. The Balaban J connectivity index is 1.52. The van der Waals surface area contributed by atoms with Gasteiger partial charge in [0.2, 0.25) is 0 Å². The maximum atomic E-state index is 11.8. The molecule has 2 amide bonds. The molecule has 7 heteroatoms. The van der Waals surface area contributed by atoms with Gasteiger partial charge in [-0.2, -0.15) is 11.3 Å². The van der Waals surface area contributed by atoms with E-state index < -0.39 is 17.9 Å². The summed E-state index contributed by atoms with van der Waals surface area (Å²) in [6.45, 7) is 0.304. The Kier molecular flexibility index (Phi) is 5.24. The van der Waals surface area contributed by atoms with E-state index >= 15 is 0 Å². The third-order valence-corrected chi connectivity index (χ3v) is 5.28. The highest BCUT2D eigenvalue weighted by Crippen LogP contribution is 2.29. The molecule has 2 aromatic heterocycles. The van der Waals surface area contributed by atoms with Gasteiger partial charge in [-0.15, -0.1) is 11.3 Å². The topological polar surface area (TPSA) is 78.4 Å². The van der Waals surface area contributed by atoms with E-state index in [0.29, 0.717) is 6.54 Å². The smallest absolute Gasteiger partial charge is 0.309 e. The zero-order valence-electron chi connectivity index (χ0n) is 12.7. The van der Waals surface area contributed by atoms with Crippen LogP contribution < -0.4 is 10.6 Å². The number of aliphatic hydroxyl groups excluding tert-OH is 1. The van der Waals surface area contributed by atoms with Crippen LogP contribution in [0.3, 0.4) is 0 Å². The van der Waals surface area contributed by atoms with Crippen LogP contribution in [0.25, 0.3) is 10.1 Å². The molecule has 0 aliphatic carbocycles. The predicted octanol–water partition coefficient (Wildman–Crippen LogP) is 2.43. The number of amides is 2. The molecule has 0 aliphatic heterocycles. The summed E-state index contributed by atoms with van der Waals surface area (Å²) in [4.78, 5) is 23.6. The van der Waals surface area contributed by atoms with E-state index in [1.807, 2.05) is 46.5 Å². The van der Waals surface area contributed by atoms with Crippen molar-refractivity contribution in [3.05, 3.63) is 57.6 Å². The highest BCUT2D eigenvalue weighted by molar-refractivity contribution is 7.17. The molecule has 0 bridgehead atoms. The fourth-order valence-electron chi connectivity index (χ4n) is 2.29. The number of thiophene rings is 2. The van der Waals surface area contributed by atoms with Crippen molar-refractivity contribution in [3.63, 3.8) is 0 Å². The minimum atomic E-state index is -0.852. The van der Waals surface area contributed by atoms with Crippen molar-refractivity contribution in [2.75, 3.05) is 6.54 Å². The van der Waals surface area contributed by atoms with Crippen LogP contribution in [0.15, 0.2) is 46.5 Å². The minimum absolute atomic E-state index is 0.00850. The van der Waals surface area contributed by atoms with E-state index in [0.717, 1.165) is 21.2 Å². The van der Waals surface area contributed by atoms with Crippen molar-refractivity contribution in [1.29, 1.82) is 0 Å². The van der Waals surface area contributed by atoms with Gasteiger partial charge < -0.3 is 15.7 Å². The lowest BCUT2D eigenvalue weighted by Crippen LogP contribution is -2.41. The molecule has 3 N–H and O–H groups in total. The maximum Gasteiger partial charge on any atom is 0.309 e. The first-order valence-corrected chi connectivity index (χ1v) is 9.18. The highest BCUT2D eigenvalue weighted by atomic mass is 32.1. The Labute approximate surface area is 146 Å². The molecule has 0 saturated carbocycles. The Hall–Kier alpha value is -2.22. The van der Waals surface area contributed by atoms with Gasteiger partial charge in [-0.05, 0) is 39.2 Å². The molecule has 1 atom stereocenters. The quantitative estimate of drug-likeness (QED) is 0.612. The van der Waals surface area contributed by atoms with Crippen molar-refractivity contribution < 1.29 is 14.7 Å². The van der Waals surface area contributed by atoms with Crippen LogP contribution in [0.5, 0.6) is 0 Å². The van der Waals surface area contributed by atoms with Gasteiger partial charge in [-0.3, -0.25) is 9.59 Å². The van der Waals surface area contributed by atoms with E-state index in [4.69, 9.17) is 0 Å². The molecule has 2 heterocycles. The molecule has 0 aliphatic rings. The standard InChI is InChI=1S/C17H16N2O3S2/c20-14(13-10-24-15-4-2-1-3-12(13)15)8-19-17(22)16(21)18-7-11-5-6-23-9-11/h1-6,9-10,14,20H,7-8H2,(H,18,21)(H,19,22). The third-order valence-electron chi connectivity index (χ3n) is 3.57. The number of benzene rings is 1. The summed E-state index contributed by atoms with van der Waals surface area (Å²) in [5.74, 6) is -1.45.